The summed E-state index contributed by atoms with van der Waals surface area (Å²) in [6, 6.07) is 11.1. The smallest absolute Gasteiger partial charge is 0.261 e. The molecule has 1 amide bonds. The summed E-state index contributed by atoms with van der Waals surface area (Å²) in [4.78, 5) is 14.5. The molecule has 0 radical (unpaired) electrons. The van der Waals surface area contributed by atoms with Crippen LogP contribution in [0.4, 0.5) is 0 Å². The molecule has 3 rings (SSSR count). The topological polar surface area (TPSA) is 72.9 Å². The van der Waals surface area contributed by atoms with E-state index in [1.165, 1.54) is 43.4 Å². The molecule has 0 unspecified atom stereocenters. The van der Waals surface area contributed by atoms with Crippen molar-refractivity contribution in [2.45, 2.75) is 10.1 Å². The number of carbonyl (C=O) groups excluding carboxylic acids is 1. The average Bonchev–Trinajstić information content (AvgIpc) is 2.59. The largest absolute Gasteiger partial charge is 0.496 e. The van der Waals surface area contributed by atoms with Crippen LogP contribution in [0.5, 0.6) is 11.5 Å². The molecule has 1 aliphatic heterocycles. The van der Waals surface area contributed by atoms with Crippen LogP contribution in [0.3, 0.4) is 0 Å². The zero-order valence-corrected chi connectivity index (χ0v) is 15.9. The molecule has 0 aliphatic carbocycles. The fraction of sp³-hybridized carbons (Fsp3) is 0.278. The van der Waals surface area contributed by atoms with Gasteiger partial charge in [0.2, 0.25) is 0 Å². The second-order valence-corrected chi connectivity index (χ2v) is 8.53. The molecule has 2 aromatic carbocycles. The lowest BCUT2D eigenvalue weighted by Gasteiger charge is -2.39. The molecule has 0 bridgehead atoms. The summed E-state index contributed by atoms with van der Waals surface area (Å²) < 4.78 is 35.8. The number of methoxy groups -OCH3 is 2. The van der Waals surface area contributed by atoms with Crippen molar-refractivity contribution >= 4 is 27.3 Å². The third-order valence-corrected chi connectivity index (χ3v) is 6.71. The van der Waals surface area contributed by atoms with Crippen LogP contribution in [-0.4, -0.2) is 51.8 Å². The summed E-state index contributed by atoms with van der Waals surface area (Å²) in [7, 11) is -0.579. The number of rotatable bonds is 5. The maximum Gasteiger partial charge on any atom is 0.261 e. The van der Waals surface area contributed by atoms with Gasteiger partial charge in [0, 0.05) is 18.1 Å². The van der Waals surface area contributed by atoms with E-state index in [1.807, 2.05) is 0 Å². The highest BCUT2D eigenvalue weighted by Gasteiger charge is 2.41. The summed E-state index contributed by atoms with van der Waals surface area (Å²) in [5.74, 6) is 0.457. The lowest BCUT2D eigenvalue weighted by Crippen LogP contribution is -2.56. The molecular formula is C18H18ClNO5S. The first-order chi connectivity index (χ1) is 12.4. The normalized spacial score (nSPS) is 14.7. The van der Waals surface area contributed by atoms with Crippen LogP contribution in [0.1, 0.15) is 10.4 Å². The Morgan fingerprint density at radius 3 is 2.08 bits per heavy atom. The van der Waals surface area contributed by atoms with Crippen LogP contribution < -0.4 is 9.47 Å². The molecular weight excluding hydrogens is 378 g/mol. The van der Waals surface area contributed by atoms with E-state index in [-0.39, 0.29) is 23.9 Å². The van der Waals surface area contributed by atoms with Gasteiger partial charge in [-0.15, -0.1) is 0 Å². The van der Waals surface area contributed by atoms with Crippen molar-refractivity contribution < 1.29 is 22.7 Å². The van der Waals surface area contributed by atoms with Crippen LogP contribution in [0.2, 0.25) is 5.02 Å². The Bertz CT molecular complexity index is 899. The fourth-order valence-corrected chi connectivity index (χ4v) is 4.62. The third kappa shape index (κ3) is 3.24. The Labute approximate surface area is 157 Å². The number of hydrogen-bond acceptors (Lipinski definition) is 5. The van der Waals surface area contributed by atoms with E-state index in [0.29, 0.717) is 22.1 Å². The number of hydrogen-bond donors (Lipinski definition) is 0. The Kier molecular flexibility index (Phi) is 5.11. The molecule has 8 heteroatoms. The zero-order chi connectivity index (χ0) is 18.9. The number of ether oxygens (including phenoxy) is 2. The van der Waals surface area contributed by atoms with Gasteiger partial charge in [0.25, 0.3) is 5.91 Å². The first-order valence-electron chi connectivity index (χ1n) is 7.88. The zero-order valence-electron chi connectivity index (χ0n) is 14.3. The van der Waals surface area contributed by atoms with E-state index in [9.17, 15) is 13.2 Å². The third-order valence-electron chi connectivity index (χ3n) is 4.36. The van der Waals surface area contributed by atoms with E-state index in [4.69, 9.17) is 21.1 Å². The van der Waals surface area contributed by atoms with Gasteiger partial charge in [-0.1, -0.05) is 17.7 Å². The Hall–Kier alpha value is -2.25. The monoisotopic (exact) mass is 395 g/mol. The second-order valence-electron chi connectivity index (χ2n) is 5.87. The van der Waals surface area contributed by atoms with E-state index in [1.54, 1.807) is 18.2 Å². The van der Waals surface area contributed by atoms with Crippen molar-refractivity contribution in [3.05, 3.63) is 53.1 Å². The molecule has 0 atom stereocenters. The van der Waals surface area contributed by atoms with Gasteiger partial charge in [-0.3, -0.25) is 4.79 Å². The van der Waals surface area contributed by atoms with Crippen molar-refractivity contribution in [3.63, 3.8) is 0 Å². The standard InChI is InChI=1S/C18H18ClNO5S/c1-24-15-4-3-5-16(25-2)17(15)18(21)20-10-14(11-20)26(22,23)13-8-6-12(19)7-9-13/h3-9,14H,10-11H2,1-2H3. The highest BCUT2D eigenvalue weighted by atomic mass is 35.5. The van der Waals surface area contributed by atoms with Crippen molar-refractivity contribution in [2.24, 2.45) is 0 Å². The van der Waals surface area contributed by atoms with Gasteiger partial charge in [-0.05, 0) is 36.4 Å². The van der Waals surface area contributed by atoms with Gasteiger partial charge < -0.3 is 14.4 Å². The van der Waals surface area contributed by atoms with Crippen molar-refractivity contribution in [1.29, 1.82) is 0 Å². The minimum atomic E-state index is -3.51. The SMILES string of the molecule is COc1cccc(OC)c1C(=O)N1CC(S(=O)(=O)c2ccc(Cl)cc2)C1. The highest BCUT2D eigenvalue weighted by Crippen LogP contribution is 2.32. The summed E-state index contributed by atoms with van der Waals surface area (Å²) in [6.45, 7) is 0.232. The molecule has 0 N–H and O–H groups in total. The second kappa shape index (κ2) is 7.17. The number of halogens is 1. The summed E-state index contributed by atoms with van der Waals surface area (Å²) >= 11 is 5.81. The Morgan fingerprint density at radius 1 is 1.04 bits per heavy atom. The van der Waals surface area contributed by atoms with E-state index < -0.39 is 15.1 Å². The van der Waals surface area contributed by atoms with Crippen LogP contribution in [0.25, 0.3) is 0 Å². The summed E-state index contributed by atoms with van der Waals surface area (Å²) in [6.07, 6.45) is 0. The molecule has 1 heterocycles. The highest BCUT2D eigenvalue weighted by molar-refractivity contribution is 7.92. The molecule has 2 aromatic rings. The average molecular weight is 396 g/mol. The minimum Gasteiger partial charge on any atom is -0.496 e. The lowest BCUT2D eigenvalue weighted by molar-refractivity contribution is 0.0652. The van der Waals surface area contributed by atoms with Crippen LogP contribution in [-0.2, 0) is 9.84 Å². The number of carbonyl (C=O) groups is 1. The first-order valence-corrected chi connectivity index (χ1v) is 9.80. The lowest BCUT2D eigenvalue weighted by atomic mass is 10.1. The molecule has 6 nitrogen and oxygen atoms in total. The van der Waals surface area contributed by atoms with Gasteiger partial charge in [0.15, 0.2) is 9.84 Å². The van der Waals surface area contributed by atoms with Gasteiger partial charge in [0.1, 0.15) is 22.3 Å². The van der Waals surface area contributed by atoms with Crippen LogP contribution in [0, 0.1) is 0 Å². The molecule has 1 fully saturated rings. The minimum absolute atomic E-state index is 0.116. The number of nitrogens with zero attached hydrogens (tertiary/aromatic N) is 1. The number of sulfone groups is 1. The number of likely N-dealkylation sites (tertiary alicyclic amines) is 1. The number of amides is 1. The summed E-state index contributed by atoms with van der Waals surface area (Å²) in [5.41, 5.74) is 0.292. The summed E-state index contributed by atoms with van der Waals surface area (Å²) in [5, 5.41) is -0.175. The van der Waals surface area contributed by atoms with Crippen molar-refractivity contribution in [3.8, 4) is 11.5 Å². The maximum atomic E-state index is 12.8. The van der Waals surface area contributed by atoms with Gasteiger partial charge >= 0.3 is 0 Å². The predicted octanol–water partition coefficient (Wildman–Crippen LogP) is 2.66. The maximum absolute atomic E-state index is 12.8. The Morgan fingerprint density at radius 2 is 1.58 bits per heavy atom. The fourth-order valence-electron chi connectivity index (χ4n) is 2.84. The van der Waals surface area contributed by atoms with E-state index in [0.717, 1.165) is 0 Å². The molecule has 26 heavy (non-hydrogen) atoms. The van der Waals surface area contributed by atoms with E-state index in [2.05, 4.69) is 0 Å². The molecule has 0 saturated carbocycles. The predicted molar refractivity (Wildman–Crippen MR) is 97.9 cm³/mol. The van der Waals surface area contributed by atoms with Crippen molar-refractivity contribution in [2.75, 3.05) is 27.3 Å². The quantitative estimate of drug-likeness (QED) is 0.778. The molecule has 0 aromatic heterocycles. The Balaban J connectivity index is 1.78. The molecule has 0 spiro atoms. The van der Waals surface area contributed by atoms with E-state index >= 15 is 0 Å². The first kappa shape index (κ1) is 18.5. The van der Waals surface area contributed by atoms with Gasteiger partial charge in [-0.25, -0.2) is 8.42 Å². The van der Waals surface area contributed by atoms with Crippen LogP contribution >= 0.6 is 11.6 Å². The van der Waals surface area contributed by atoms with Crippen LogP contribution in [0.15, 0.2) is 47.4 Å². The van der Waals surface area contributed by atoms with Gasteiger partial charge in [0.05, 0.1) is 19.1 Å². The molecule has 1 saturated heterocycles. The van der Waals surface area contributed by atoms with Crippen molar-refractivity contribution in [1.82, 2.24) is 4.90 Å². The number of benzene rings is 2. The van der Waals surface area contributed by atoms with Gasteiger partial charge in [-0.2, -0.15) is 0 Å². The molecule has 1 aliphatic rings. The molecule has 138 valence electrons.